The maximum atomic E-state index is 13.1. The lowest BCUT2D eigenvalue weighted by Crippen LogP contribution is -2.61. The molecule has 1 saturated heterocycles. The summed E-state index contributed by atoms with van der Waals surface area (Å²) in [5, 5.41) is 3.53. The summed E-state index contributed by atoms with van der Waals surface area (Å²) in [6.45, 7) is 6.11. The highest BCUT2D eigenvalue weighted by molar-refractivity contribution is 7.89. The van der Waals surface area contributed by atoms with Crippen molar-refractivity contribution in [2.24, 2.45) is 0 Å². The number of rotatable bonds is 8. The molecule has 0 radical (unpaired) electrons. The quantitative estimate of drug-likeness (QED) is 0.437. The molecule has 0 bridgehead atoms. The first kappa shape index (κ1) is 26.1. The van der Waals surface area contributed by atoms with Crippen LogP contribution in [0, 0.1) is 0 Å². The Bertz CT molecular complexity index is 950. The SMILES string of the molecule is CCCS(=O)(=O)N1CCN(C2(CNC(=O)c3ccc(Cl)cc3C(C)=O)CCCCCC2)CC1. The van der Waals surface area contributed by atoms with Gasteiger partial charge < -0.3 is 5.32 Å². The van der Waals surface area contributed by atoms with Crippen LogP contribution in [-0.2, 0) is 10.0 Å². The normalized spacial score (nSPS) is 20.2. The van der Waals surface area contributed by atoms with Crippen LogP contribution in [0.25, 0.3) is 0 Å². The van der Waals surface area contributed by atoms with Crippen molar-refractivity contribution in [3.63, 3.8) is 0 Å². The van der Waals surface area contributed by atoms with Gasteiger partial charge in [0.05, 0.1) is 11.3 Å². The monoisotopic (exact) mass is 497 g/mol. The van der Waals surface area contributed by atoms with Crippen molar-refractivity contribution in [2.75, 3.05) is 38.5 Å². The number of nitrogens with one attached hydrogen (secondary N) is 1. The first-order valence-corrected chi connectivity index (χ1v) is 14.0. The first-order chi connectivity index (χ1) is 15.7. The number of piperazine rings is 1. The second kappa shape index (κ2) is 11.3. The summed E-state index contributed by atoms with van der Waals surface area (Å²) in [6, 6.07) is 4.77. The molecule has 1 aromatic rings. The average Bonchev–Trinajstić information content (AvgIpc) is 3.04. The number of halogens is 1. The van der Waals surface area contributed by atoms with E-state index in [2.05, 4.69) is 10.2 Å². The number of ketones is 1. The Morgan fingerprint density at radius 1 is 1.03 bits per heavy atom. The lowest BCUT2D eigenvalue weighted by Gasteiger charge is -2.47. The van der Waals surface area contributed by atoms with Gasteiger partial charge in [0.2, 0.25) is 10.0 Å². The second-order valence-corrected chi connectivity index (χ2v) is 11.8. The predicted octanol–water partition coefficient (Wildman–Crippen LogP) is 3.72. The number of amides is 1. The number of benzene rings is 1. The summed E-state index contributed by atoms with van der Waals surface area (Å²) < 4.78 is 26.6. The number of carbonyl (C=O) groups excluding carboxylic acids is 2. The highest BCUT2D eigenvalue weighted by atomic mass is 35.5. The van der Waals surface area contributed by atoms with Gasteiger partial charge in [0, 0.05) is 48.8 Å². The third-order valence-corrected chi connectivity index (χ3v) is 9.29. The van der Waals surface area contributed by atoms with Crippen LogP contribution in [0.15, 0.2) is 18.2 Å². The van der Waals surface area contributed by atoms with Gasteiger partial charge in [-0.1, -0.05) is 44.2 Å². The summed E-state index contributed by atoms with van der Waals surface area (Å²) in [6.07, 6.45) is 7.07. The summed E-state index contributed by atoms with van der Waals surface area (Å²) >= 11 is 6.03. The van der Waals surface area contributed by atoms with Gasteiger partial charge in [0.25, 0.3) is 5.91 Å². The van der Waals surface area contributed by atoms with Crippen molar-refractivity contribution >= 4 is 33.3 Å². The fourth-order valence-corrected chi connectivity index (χ4v) is 6.83. The van der Waals surface area contributed by atoms with Crippen molar-refractivity contribution in [3.05, 3.63) is 34.3 Å². The zero-order valence-corrected chi connectivity index (χ0v) is 21.3. The Morgan fingerprint density at radius 3 is 2.24 bits per heavy atom. The van der Waals surface area contributed by atoms with Gasteiger partial charge in [-0.2, -0.15) is 4.31 Å². The van der Waals surface area contributed by atoms with Crippen LogP contribution >= 0.6 is 11.6 Å². The molecule has 7 nitrogen and oxygen atoms in total. The van der Waals surface area contributed by atoms with Crippen LogP contribution < -0.4 is 5.32 Å². The van der Waals surface area contributed by atoms with Crippen LogP contribution in [-0.4, -0.2) is 73.3 Å². The molecule has 1 heterocycles. The Balaban J connectivity index is 1.74. The van der Waals surface area contributed by atoms with Crippen LogP contribution in [0.2, 0.25) is 5.02 Å². The van der Waals surface area contributed by atoms with E-state index in [0.717, 1.165) is 25.7 Å². The topological polar surface area (TPSA) is 86.8 Å². The average molecular weight is 498 g/mol. The molecule has 2 aliphatic rings. The van der Waals surface area contributed by atoms with E-state index < -0.39 is 10.0 Å². The summed E-state index contributed by atoms with van der Waals surface area (Å²) in [5.74, 6) is -0.283. The van der Waals surface area contributed by atoms with Gasteiger partial charge in [-0.25, -0.2) is 8.42 Å². The molecule has 1 amide bonds. The Kier molecular flexibility index (Phi) is 8.95. The zero-order chi connectivity index (χ0) is 24.1. The van der Waals surface area contributed by atoms with E-state index in [1.54, 1.807) is 16.4 Å². The largest absolute Gasteiger partial charge is 0.350 e. The Labute approximate surface area is 202 Å². The maximum Gasteiger partial charge on any atom is 0.252 e. The molecule has 0 unspecified atom stereocenters. The Morgan fingerprint density at radius 2 is 1.67 bits per heavy atom. The molecule has 0 atom stereocenters. The highest BCUT2D eigenvalue weighted by Gasteiger charge is 2.40. The van der Waals surface area contributed by atoms with E-state index in [-0.39, 0.29) is 23.0 Å². The van der Waals surface area contributed by atoms with Crippen molar-refractivity contribution in [1.29, 1.82) is 0 Å². The molecule has 2 fully saturated rings. The predicted molar refractivity (Wildman–Crippen MR) is 131 cm³/mol. The third kappa shape index (κ3) is 6.35. The van der Waals surface area contributed by atoms with Gasteiger partial charge in [-0.15, -0.1) is 0 Å². The molecule has 1 N–H and O–H groups in total. The number of sulfonamides is 1. The minimum Gasteiger partial charge on any atom is -0.350 e. The fourth-order valence-electron chi connectivity index (χ4n) is 5.16. The number of nitrogens with zero attached hydrogens (tertiary/aromatic N) is 2. The number of hydrogen-bond acceptors (Lipinski definition) is 5. The molecule has 33 heavy (non-hydrogen) atoms. The van der Waals surface area contributed by atoms with Crippen molar-refractivity contribution in [2.45, 2.75) is 64.3 Å². The minimum absolute atomic E-state index is 0.188. The molecule has 0 aromatic heterocycles. The van der Waals surface area contributed by atoms with E-state index in [0.29, 0.717) is 55.3 Å². The van der Waals surface area contributed by atoms with E-state index in [1.807, 2.05) is 6.92 Å². The van der Waals surface area contributed by atoms with Gasteiger partial charge in [0.15, 0.2) is 5.78 Å². The highest BCUT2D eigenvalue weighted by Crippen LogP contribution is 2.33. The van der Waals surface area contributed by atoms with E-state index in [1.165, 1.54) is 25.8 Å². The van der Waals surface area contributed by atoms with Gasteiger partial charge >= 0.3 is 0 Å². The molecule has 3 rings (SSSR count). The van der Waals surface area contributed by atoms with Crippen molar-refractivity contribution < 1.29 is 18.0 Å². The summed E-state index contributed by atoms with van der Waals surface area (Å²) in [5.41, 5.74) is 0.464. The molecule has 0 spiro atoms. The fraction of sp³-hybridized carbons (Fsp3) is 0.667. The van der Waals surface area contributed by atoms with Gasteiger partial charge in [0.1, 0.15) is 0 Å². The van der Waals surface area contributed by atoms with Crippen LogP contribution in [0.4, 0.5) is 0 Å². The molecule has 1 aliphatic carbocycles. The number of hydrogen-bond donors (Lipinski definition) is 1. The van der Waals surface area contributed by atoms with E-state index in [9.17, 15) is 18.0 Å². The number of Topliss-reactive ketones (excluding diaryl/α,β-unsaturated/α-hetero) is 1. The molecule has 184 valence electrons. The summed E-state index contributed by atoms with van der Waals surface area (Å²) in [4.78, 5) is 27.5. The standard InChI is InChI=1S/C24H36ClN3O4S/c1-3-16-33(31,32)28-14-12-27(13-15-28)24(10-6-4-5-7-11-24)18-26-23(30)21-9-8-20(25)17-22(21)19(2)29/h8-9,17H,3-7,10-16,18H2,1-2H3,(H,26,30). The van der Waals surface area contributed by atoms with Crippen LogP contribution in [0.5, 0.6) is 0 Å². The third-order valence-electron chi connectivity index (χ3n) is 6.98. The molecule has 1 aliphatic heterocycles. The van der Waals surface area contributed by atoms with Crippen molar-refractivity contribution in [3.8, 4) is 0 Å². The summed E-state index contributed by atoms with van der Waals surface area (Å²) in [7, 11) is -3.20. The zero-order valence-electron chi connectivity index (χ0n) is 19.7. The van der Waals surface area contributed by atoms with E-state index >= 15 is 0 Å². The lowest BCUT2D eigenvalue weighted by atomic mass is 9.87. The first-order valence-electron chi connectivity index (χ1n) is 12.0. The minimum atomic E-state index is -3.20. The van der Waals surface area contributed by atoms with Crippen LogP contribution in [0.3, 0.4) is 0 Å². The lowest BCUT2D eigenvalue weighted by molar-refractivity contribution is 0.0391. The molecule has 9 heteroatoms. The van der Waals surface area contributed by atoms with Crippen LogP contribution in [0.1, 0.15) is 79.5 Å². The van der Waals surface area contributed by atoms with E-state index in [4.69, 9.17) is 11.6 Å². The van der Waals surface area contributed by atoms with Crippen molar-refractivity contribution in [1.82, 2.24) is 14.5 Å². The molecule has 1 aromatic carbocycles. The number of carbonyl (C=O) groups is 2. The smallest absolute Gasteiger partial charge is 0.252 e. The second-order valence-electron chi connectivity index (χ2n) is 9.27. The Hall–Kier alpha value is -1.48. The molecule has 1 saturated carbocycles. The molecular formula is C24H36ClN3O4S. The van der Waals surface area contributed by atoms with Gasteiger partial charge in [-0.05, 0) is 44.4 Å². The van der Waals surface area contributed by atoms with Gasteiger partial charge in [-0.3, -0.25) is 14.5 Å². The molecular weight excluding hydrogens is 462 g/mol. The maximum absolute atomic E-state index is 13.1.